The maximum atomic E-state index is 12.3. The molecule has 0 spiro atoms. The Morgan fingerprint density at radius 3 is 2.67 bits per heavy atom. The Morgan fingerprint density at radius 1 is 1.48 bits per heavy atom. The fourth-order valence-electron chi connectivity index (χ4n) is 2.38. The Balaban J connectivity index is 2.49. The van der Waals surface area contributed by atoms with Gasteiger partial charge in [0, 0.05) is 45.1 Å². The van der Waals surface area contributed by atoms with Crippen molar-refractivity contribution in [1.29, 1.82) is 0 Å². The van der Waals surface area contributed by atoms with Crippen molar-refractivity contribution in [1.82, 2.24) is 15.1 Å². The van der Waals surface area contributed by atoms with Crippen molar-refractivity contribution in [2.24, 2.45) is 0 Å². The predicted molar refractivity (Wildman–Crippen MR) is 77.9 cm³/mol. The molecule has 1 heterocycles. The summed E-state index contributed by atoms with van der Waals surface area (Å²) < 4.78 is 0. The molecule has 0 aliphatic carbocycles. The van der Waals surface area contributed by atoms with Gasteiger partial charge in [-0.25, -0.2) is 4.79 Å². The molecule has 1 aliphatic rings. The van der Waals surface area contributed by atoms with Crippen LogP contribution in [0.25, 0.3) is 0 Å². The molecule has 3 amide bonds. The Bertz CT molecular complexity index is 398. The van der Waals surface area contributed by atoms with E-state index in [9.17, 15) is 14.4 Å². The van der Waals surface area contributed by atoms with Gasteiger partial charge in [-0.3, -0.25) is 9.59 Å². The minimum atomic E-state index is -0.855. The average Bonchev–Trinajstić information content (AvgIpc) is 2.38. The molecule has 1 fully saturated rings. The minimum absolute atomic E-state index is 0.00162. The summed E-state index contributed by atoms with van der Waals surface area (Å²) in [6, 6.07) is -0.231. The molecule has 0 radical (unpaired) electrons. The summed E-state index contributed by atoms with van der Waals surface area (Å²) in [6.07, 6.45) is 1.58. The smallest absolute Gasteiger partial charge is 0.317 e. The predicted octanol–water partition coefficient (Wildman–Crippen LogP) is 0.892. The van der Waals surface area contributed by atoms with E-state index in [-0.39, 0.29) is 30.4 Å². The van der Waals surface area contributed by atoms with Gasteiger partial charge < -0.3 is 20.2 Å². The maximum Gasteiger partial charge on any atom is 0.317 e. The van der Waals surface area contributed by atoms with Crippen LogP contribution < -0.4 is 5.32 Å². The first kappa shape index (κ1) is 17.3. The summed E-state index contributed by atoms with van der Waals surface area (Å²) in [6.45, 7) is 4.73. The van der Waals surface area contributed by atoms with Gasteiger partial charge in [-0.1, -0.05) is 0 Å². The van der Waals surface area contributed by atoms with Gasteiger partial charge in [0.15, 0.2) is 0 Å². The molecule has 7 nitrogen and oxygen atoms in total. The van der Waals surface area contributed by atoms with Crippen LogP contribution in [0.2, 0.25) is 0 Å². The molecular formula is C14H25N3O4. The molecule has 0 aromatic heterocycles. The van der Waals surface area contributed by atoms with Crippen molar-refractivity contribution in [2.45, 2.75) is 51.6 Å². The van der Waals surface area contributed by atoms with Gasteiger partial charge in [-0.15, -0.1) is 0 Å². The van der Waals surface area contributed by atoms with Gasteiger partial charge in [0.05, 0.1) is 0 Å². The lowest BCUT2D eigenvalue weighted by Gasteiger charge is -2.33. The second kappa shape index (κ2) is 7.85. The van der Waals surface area contributed by atoms with Crippen LogP contribution >= 0.6 is 0 Å². The molecule has 0 aromatic rings. The highest BCUT2D eigenvalue weighted by Gasteiger charge is 2.26. The molecule has 1 saturated heterocycles. The van der Waals surface area contributed by atoms with E-state index in [1.54, 1.807) is 16.8 Å². The van der Waals surface area contributed by atoms with Crippen LogP contribution in [-0.4, -0.2) is 65.0 Å². The van der Waals surface area contributed by atoms with Crippen LogP contribution in [0, 0.1) is 0 Å². The molecule has 1 rings (SSSR count). The number of carbonyl (C=O) groups is 3. The zero-order valence-corrected chi connectivity index (χ0v) is 13.0. The van der Waals surface area contributed by atoms with Crippen LogP contribution in [0.5, 0.6) is 0 Å². The number of carboxylic acid groups (broad SMARTS) is 1. The zero-order valence-electron chi connectivity index (χ0n) is 13.0. The largest absolute Gasteiger partial charge is 0.481 e. The van der Waals surface area contributed by atoms with Crippen LogP contribution in [0.1, 0.15) is 39.5 Å². The summed E-state index contributed by atoms with van der Waals surface area (Å²) in [4.78, 5) is 37.5. The number of likely N-dealkylation sites (N-methyl/N-ethyl adjacent to an activating group) is 1. The number of nitrogens with zero attached hydrogens (tertiary/aromatic N) is 2. The number of carboxylic acids is 1. The summed E-state index contributed by atoms with van der Waals surface area (Å²) in [7, 11) is 1.73. The molecular weight excluding hydrogens is 274 g/mol. The van der Waals surface area contributed by atoms with E-state index in [0.717, 1.165) is 0 Å². The van der Waals surface area contributed by atoms with Gasteiger partial charge in [-0.05, 0) is 26.7 Å². The summed E-state index contributed by atoms with van der Waals surface area (Å²) in [5, 5.41) is 11.6. The summed E-state index contributed by atoms with van der Waals surface area (Å²) in [5.41, 5.74) is 0. The van der Waals surface area contributed by atoms with Crippen molar-refractivity contribution in [3.8, 4) is 0 Å². The van der Waals surface area contributed by atoms with E-state index in [2.05, 4.69) is 5.32 Å². The summed E-state index contributed by atoms with van der Waals surface area (Å²) in [5.74, 6) is -0.755. The van der Waals surface area contributed by atoms with Crippen molar-refractivity contribution in [3.05, 3.63) is 0 Å². The Hall–Kier alpha value is -1.79. The standard InChI is InChI=1S/C14H25N3O4/c1-10(2)17(8-4-5-13(19)20)14(21)15-11-6-7-12(18)16(3)9-11/h10-11H,4-9H2,1-3H3,(H,15,21)(H,19,20). The van der Waals surface area contributed by atoms with Crippen molar-refractivity contribution >= 4 is 17.9 Å². The monoisotopic (exact) mass is 299 g/mol. The first-order valence-electron chi connectivity index (χ1n) is 7.34. The van der Waals surface area contributed by atoms with Crippen LogP contribution in [0.3, 0.4) is 0 Å². The fourth-order valence-corrected chi connectivity index (χ4v) is 2.38. The van der Waals surface area contributed by atoms with E-state index < -0.39 is 5.97 Å². The molecule has 7 heteroatoms. The summed E-state index contributed by atoms with van der Waals surface area (Å²) >= 11 is 0. The van der Waals surface area contributed by atoms with Crippen molar-refractivity contribution < 1.29 is 19.5 Å². The topological polar surface area (TPSA) is 90.0 Å². The van der Waals surface area contributed by atoms with E-state index in [0.29, 0.717) is 32.4 Å². The van der Waals surface area contributed by atoms with E-state index in [1.807, 2.05) is 13.8 Å². The maximum absolute atomic E-state index is 12.3. The molecule has 1 atom stereocenters. The zero-order chi connectivity index (χ0) is 16.0. The Morgan fingerprint density at radius 2 is 2.14 bits per heavy atom. The fraction of sp³-hybridized carbons (Fsp3) is 0.786. The first-order chi connectivity index (χ1) is 9.81. The molecule has 0 bridgehead atoms. The van der Waals surface area contributed by atoms with Crippen LogP contribution in [0.4, 0.5) is 4.79 Å². The third-order valence-corrected chi connectivity index (χ3v) is 3.63. The second-order valence-corrected chi connectivity index (χ2v) is 5.74. The number of hydrogen-bond acceptors (Lipinski definition) is 3. The molecule has 1 unspecified atom stereocenters. The van der Waals surface area contributed by atoms with E-state index >= 15 is 0 Å². The molecule has 21 heavy (non-hydrogen) atoms. The van der Waals surface area contributed by atoms with Gasteiger partial charge in [-0.2, -0.15) is 0 Å². The molecule has 2 N–H and O–H groups in total. The minimum Gasteiger partial charge on any atom is -0.481 e. The Kier molecular flexibility index (Phi) is 6.45. The van der Waals surface area contributed by atoms with Crippen molar-refractivity contribution in [2.75, 3.05) is 20.1 Å². The third kappa shape index (κ3) is 5.61. The third-order valence-electron chi connectivity index (χ3n) is 3.63. The van der Waals surface area contributed by atoms with Crippen LogP contribution in [-0.2, 0) is 9.59 Å². The van der Waals surface area contributed by atoms with E-state index in [4.69, 9.17) is 5.11 Å². The number of urea groups is 1. The number of rotatable bonds is 6. The first-order valence-corrected chi connectivity index (χ1v) is 7.34. The quantitative estimate of drug-likeness (QED) is 0.762. The van der Waals surface area contributed by atoms with Crippen LogP contribution in [0.15, 0.2) is 0 Å². The number of aliphatic carboxylic acids is 1. The number of likely N-dealkylation sites (tertiary alicyclic amines) is 1. The normalized spacial score (nSPS) is 18.8. The average molecular weight is 299 g/mol. The highest BCUT2D eigenvalue weighted by atomic mass is 16.4. The highest BCUT2D eigenvalue weighted by Crippen LogP contribution is 2.11. The molecule has 0 saturated carbocycles. The lowest BCUT2D eigenvalue weighted by atomic mass is 10.1. The lowest BCUT2D eigenvalue weighted by molar-refractivity contribution is -0.137. The molecule has 0 aromatic carbocycles. The van der Waals surface area contributed by atoms with E-state index in [1.165, 1.54) is 0 Å². The van der Waals surface area contributed by atoms with Gasteiger partial charge in [0.2, 0.25) is 5.91 Å². The number of carbonyl (C=O) groups excluding carboxylic acids is 2. The lowest BCUT2D eigenvalue weighted by Crippen LogP contribution is -2.53. The number of piperidine rings is 1. The van der Waals surface area contributed by atoms with Gasteiger partial charge in [0.1, 0.15) is 0 Å². The van der Waals surface area contributed by atoms with Gasteiger partial charge >= 0.3 is 12.0 Å². The molecule has 1 aliphatic heterocycles. The van der Waals surface area contributed by atoms with Crippen molar-refractivity contribution in [3.63, 3.8) is 0 Å². The number of amides is 3. The highest BCUT2D eigenvalue weighted by molar-refractivity contribution is 5.78. The number of hydrogen-bond donors (Lipinski definition) is 2. The van der Waals surface area contributed by atoms with Gasteiger partial charge in [0.25, 0.3) is 0 Å². The molecule has 120 valence electrons. The Labute approximate surface area is 125 Å². The SMILES string of the molecule is CC(C)N(CCCC(=O)O)C(=O)NC1CCC(=O)N(C)C1. The second-order valence-electron chi connectivity index (χ2n) is 5.74. The number of nitrogens with one attached hydrogen (secondary N) is 1.